The number of piperazine rings is 1. The number of carbonyl (C=O) groups is 1. The third-order valence-corrected chi connectivity index (χ3v) is 6.77. The number of benzene rings is 3. The second-order valence-electron chi connectivity index (χ2n) is 8.77. The summed E-state index contributed by atoms with van der Waals surface area (Å²) < 4.78 is 7.22. The molecule has 1 saturated heterocycles. The molecule has 3 aromatic carbocycles. The lowest BCUT2D eigenvalue weighted by molar-refractivity contribution is -0.133. The van der Waals surface area contributed by atoms with Crippen LogP contribution >= 0.6 is 0 Å². The van der Waals surface area contributed by atoms with E-state index in [0.29, 0.717) is 10.8 Å². The SMILES string of the molecule is COc1ccc(CCN2CCN(C(=O)Cn3c4ccccc4c(=O)c4ccccc43)CC2)cc1. The summed E-state index contributed by atoms with van der Waals surface area (Å²) in [4.78, 5) is 30.6. The summed E-state index contributed by atoms with van der Waals surface area (Å²) >= 11 is 0. The number of amides is 1. The molecule has 0 unspecified atom stereocenters. The zero-order valence-electron chi connectivity index (χ0n) is 19.4. The van der Waals surface area contributed by atoms with Crippen molar-refractivity contribution in [2.45, 2.75) is 13.0 Å². The Bertz CT molecular complexity index is 1310. The maximum absolute atomic E-state index is 13.3. The predicted octanol–water partition coefficient (Wildman–Crippen LogP) is 3.55. The number of pyridine rings is 1. The molecule has 174 valence electrons. The standard InChI is InChI=1S/C28H29N3O3/c1-34-22-12-10-21(11-13-22)14-15-29-16-18-30(19-17-29)27(32)20-31-25-8-4-2-6-23(25)28(33)24-7-3-5-9-26(24)31/h2-13H,14-20H2,1H3. The van der Waals surface area contributed by atoms with Gasteiger partial charge >= 0.3 is 0 Å². The molecule has 2 heterocycles. The number of methoxy groups -OCH3 is 1. The first-order valence-corrected chi connectivity index (χ1v) is 11.8. The third kappa shape index (κ3) is 4.41. The number of rotatable bonds is 6. The van der Waals surface area contributed by atoms with Crippen molar-refractivity contribution in [2.24, 2.45) is 0 Å². The Balaban J connectivity index is 1.26. The van der Waals surface area contributed by atoms with Gasteiger partial charge in [-0.3, -0.25) is 14.5 Å². The molecule has 4 aromatic rings. The summed E-state index contributed by atoms with van der Waals surface area (Å²) in [5.41, 5.74) is 2.91. The molecule has 0 atom stereocenters. The second-order valence-corrected chi connectivity index (χ2v) is 8.77. The molecule has 0 bridgehead atoms. The molecule has 5 rings (SSSR count). The summed E-state index contributed by atoms with van der Waals surface area (Å²) in [6, 6.07) is 23.3. The van der Waals surface area contributed by atoms with Crippen LogP contribution in [0.5, 0.6) is 5.75 Å². The Morgan fingerprint density at radius 2 is 1.41 bits per heavy atom. The van der Waals surface area contributed by atoms with Gasteiger partial charge in [0.25, 0.3) is 0 Å². The normalized spacial score (nSPS) is 14.6. The molecule has 6 nitrogen and oxygen atoms in total. The highest BCUT2D eigenvalue weighted by Gasteiger charge is 2.22. The van der Waals surface area contributed by atoms with E-state index in [-0.39, 0.29) is 17.9 Å². The summed E-state index contributed by atoms with van der Waals surface area (Å²) in [6.07, 6.45) is 0.979. The van der Waals surface area contributed by atoms with Crippen molar-refractivity contribution in [3.63, 3.8) is 0 Å². The fourth-order valence-electron chi connectivity index (χ4n) is 4.78. The van der Waals surface area contributed by atoms with Crippen molar-refractivity contribution in [1.82, 2.24) is 14.4 Å². The minimum atomic E-state index is 0.0142. The van der Waals surface area contributed by atoms with Crippen LogP contribution in [0.3, 0.4) is 0 Å². The van der Waals surface area contributed by atoms with Gasteiger partial charge in [-0.2, -0.15) is 0 Å². The number of aromatic nitrogens is 1. The van der Waals surface area contributed by atoms with E-state index in [1.165, 1.54) is 5.56 Å². The van der Waals surface area contributed by atoms with Crippen LogP contribution in [0.1, 0.15) is 5.56 Å². The molecular weight excluding hydrogens is 426 g/mol. The van der Waals surface area contributed by atoms with E-state index in [1.807, 2.05) is 70.1 Å². The average Bonchev–Trinajstić information content (AvgIpc) is 2.90. The Hall–Kier alpha value is -3.64. The molecule has 34 heavy (non-hydrogen) atoms. The van der Waals surface area contributed by atoms with E-state index in [2.05, 4.69) is 17.0 Å². The zero-order chi connectivity index (χ0) is 23.5. The van der Waals surface area contributed by atoms with Crippen LogP contribution in [-0.4, -0.2) is 60.1 Å². The predicted molar refractivity (Wildman–Crippen MR) is 135 cm³/mol. The topological polar surface area (TPSA) is 54.8 Å². The number of hydrogen-bond acceptors (Lipinski definition) is 4. The Morgan fingerprint density at radius 3 is 2.00 bits per heavy atom. The van der Waals surface area contributed by atoms with Crippen LogP contribution in [-0.2, 0) is 17.8 Å². The number of ether oxygens (including phenoxy) is 1. The van der Waals surface area contributed by atoms with E-state index >= 15 is 0 Å². The van der Waals surface area contributed by atoms with Crippen molar-refractivity contribution in [1.29, 1.82) is 0 Å². The lowest BCUT2D eigenvalue weighted by Crippen LogP contribution is -2.50. The van der Waals surface area contributed by atoms with Gasteiger partial charge in [-0.15, -0.1) is 0 Å². The number of carbonyl (C=O) groups excluding carboxylic acids is 1. The van der Waals surface area contributed by atoms with Gasteiger partial charge in [0.15, 0.2) is 5.43 Å². The largest absolute Gasteiger partial charge is 0.497 e. The zero-order valence-corrected chi connectivity index (χ0v) is 19.4. The Labute approximate surface area is 199 Å². The molecule has 0 radical (unpaired) electrons. The number of hydrogen-bond donors (Lipinski definition) is 0. The first-order valence-electron chi connectivity index (χ1n) is 11.8. The van der Waals surface area contributed by atoms with Crippen molar-refractivity contribution < 1.29 is 9.53 Å². The highest BCUT2D eigenvalue weighted by Crippen LogP contribution is 2.20. The van der Waals surface area contributed by atoms with Gasteiger partial charge in [0.05, 0.1) is 18.1 Å². The Morgan fingerprint density at radius 1 is 0.824 bits per heavy atom. The number of para-hydroxylation sites is 2. The minimum Gasteiger partial charge on any atom is -0.497 e. The van der Waals surface area contributed by atoms with Crippen LogP contribution in [0.15, 0.2) is 77.6 Å². The molecule has 0 saturated carbocycles. The molecule has 1 aromatic heterocycles. The first-order chi connectivity index (χ1) is 16.6. The molecule has 0 spiro atoms. The summed E-state index contributed by atoms with van der Waals surface area (Å²) in [5.74, 6) is 0.966. The van der Waals surface area contributed by atoms with Crippen LogP contribution in [0.2, 0.25) is 0 Å². The summed E-state index contributed by atoms with van der Waals surface area (Å²) in [7, 11) is 1.68. The number of fused-ring (bicyclic) bond motifs is 2. The summed E-state index contributed by atoms with van der Waals surface area (Å²) in [5, 5.41) is 1.30. The lowest BCUT2D eigenvalue weighted by atomic mass is 10.1. The maximum atomic E-state index is 13.3. The van der Waals surface area contributed by atoms with Crippen LogP contribution in [0.25, 0.3) is 21.8 Å². The van der Waals surface area contributed by atoms with Crippen LogP contribution in [0, 0.1) is 0 Å². The molecule has 1 aliphatic rings. The van der Waals surface area contributed by atoms with Gasteiger partial charge in [0.1, 0.15) is 12.3 Å². The van der Waals surface area contributed by atoms with Crippen molar-refractivity contribution in [3.05, 3.63) is 88.6 Å². The highest BCUT2D eigenvalue weighted by atomic mass is 16.5. The van der Waals surface area contributed by atoms with E-state index in [9.17, 15) is 9.59 Å². The highest BCUT2D eigenvalue weighted by molar-refractivity contribution is 5.94. The number of nitrogens with zero attached hydrogens (tertiary/aromatic N) is 3. The van der Waals surface area contributed by atoms with Crippen LogP contribution < -0.4 is 10.2 Å². The smallest absolute Gasteiger partial charge is 0.242 e. The monoisotopic (exact) mass is 455 g/mol. The molecular formula is C28H29N3O3. The molecule has 0 aliphatic carbocycles. The van der Waals surface area contributed by atoms with Gasteiger partial charge in [-0.25, -0.2) is 0 Å². The van der Waals surface area contributed by atoms with E-state index in [0.717, 1.165) is 55.9 Å². The van der Waals surface area contributed by atoms with Crippen molar-refractivity contribution in [3.8, 4) is 5.75 Å². The van der Waals surface area contributed by atoms with E-state index in [1.54, 1.807) is 7.11 Å². The lowest BCUT2D eigenvalue weighted by Gasteiger charge is -2.35. The quantitative estimate of drug-likeness (QED) is 0.417. The molecule has 0 N–H and O–H groups in total. The van der Waals surface area contributed by atoms with E-state index in [4.69, 9.17) is 4.74 Å². The first kappa shape index (κ1) is 22.2. The fraction of sp³-hybridized carbons (Fsp3) is 0.286. The molecule has 1 aliphatic heterocycles. The average molecular weight is 456 g/mol. The van der Waals surface area contributed by atoms with Crippen molar-refractivity contribution in [2.75, 3.05) is 39.8 Å². The van der Waals surface area contributed by atoms with Gasteiger partial charge in [-0.05, 0) is 48.4 Å². The Kier molecular flexibility index (Phi) is 6.32. The molecule has 1 amide bonds. The van der Waals surface area contributed by atoms with Gasteiger partial charge in [0, 0.05) is 43.5 Å². The van der Waals surface area contributed by atoms with E-state index < -0.39 is 0 Å². The van der Waals surface area contributed by atoms with Gasteiger partial charge in [0.2, 0.25) is 5.91 Å². The fourth-order valence-corrected chi connectivity index (χ4v) is 4.78. The third-order valence-electron chi connectivity index (χ3n) is 6.77. The van der Waals surface area contributed by atoms with Gasteiger partial charge < -0.3 is 14.2 Å². The second kappa shape index (κ2) is 9.69. The summed E-state index contributed by atoms with van der Waals surface area (Å²) in [6.45, 7) is 4.38. The molecule has 6 heteroatoms. The van der Waals surface area contributed by atoms with Gasteiger partial charge in [-0.1, -0.05) is 36.4 Å². The maximum Gasteiger partial charge on any atom is 0.242 e. The minimum absolute atomic E-state index is 0.0142. The van der Waals surface area contributed by atoms with Crippen LogP contribution in [0.4, 0.5) is 0 Å². The van der Waals surface area contributed by atoms with Crippen molar-refractivity contribution >= 4 is 27.7 Å². The molecule has 1 fully saturated rings.